The minimum Gasteiger partial charge on any atom is -0.394 e. The predicted octanol–water partition coefficient (Wildman–Crippen LogP) is 5.00. The summed E-state index contributed by atoms with van der Waals surface area (Å²) >= 11 is 0. The molecule has 0 radical (unpaired) electrons. The van der Waals surface area contributed by atoms with Gasteiger partial charge in [-0.05, 0) is 12.8 Å². The second-order valence-corrected chi connectivity index (χ2v) is 10.4. The SMILES string of the molecule is CCCCCCCCCCCC(O)(CCCCCCCCCCC)[C@@H](O)[C@@H](O)[C@H](O)[C@H](O)CO. The third-order valence-corrected chi connectivity index (χ3v) is 7.23. The predicted molar refractivity (Wildman–Crippen MR) is 140 cm³/mol. The molecule has 0 aliphatic carbocycles. The van der Waals surface area contributed by atoms with Crippen molar-refractivity contribution in [1.29, 1.82) is 0 Å². The van der Waals surface area contributed by atoms with Crippen LogP contribution in [0.4, 0.5) is 0 Å². The van der Waals surface area contributed by atoms with Crippen molar-refractivity contribution in [2.45, 2.75) is 172 Å². The molecule has 6 N–H and O–H groups in total. The second-order valence-electron chi connectivity index (χ2n) is 10.4. The smallest absolute Gasteiger partial charge is 0.111 e. The first-order chi connectivity index (χ1) is 16.3. The highest BCUT2D eigenvalue weighted by Gasteiger charge is 2.43. The van der Waals surface area contributed by atoms with Gasteiger partial charge in [0.1, 0.15) is 24.4 Å². The van der Waals surface area contributed by atoms with Crippen LogP contribution in [-0.4, -0.2) is 67.3 Å². The number of hydrogen-bond acceptors (Lipinski definition) is 6. The van der Waals surface area contributed by atoms with Crippen molar-refractivity contribution in [2.75, 3.05) is 6.61 Å². The van der Waals surface area contributed by atoms with Crippen molar-refractivity contribution in [1.82, 2.24) is 0 Å². The molecule has 0 rings (SSSR count). The molecule has 0 bridgehead atoms. The Morgan fingerprint density at radius 2 is 0.824 bits per heavy atom. The van der Waals surface area contributed by atoms with Gasteiger partial charge in [0.15, 0.2) is 0 Å². The van der Waals surface area contributed by atoms with E-state index >= 15 is 0 Å². The van der Waals surface area contributed by atoms with E-state index in [9.17, 15) is 25.5 Å². The number of rotatable bonds is 25. The molecule has 0 aromatic rings. The van der Waals surface area contributed by atoms with Crippen LogP contribution in [0, 0.1) is 0 Å². The van der Waals surface area contributed by atoms with E-state index in [1.165, 1.54) is 77.0 Å². The summed E-state index contributed by atoms with van der Waals surface area (Å²) in [4.78, 5) is 0. The maximum absolute atomic E-state index is 11.3. The molecule has 0 fully saturated rings. The molecule has 0 amide bonds. The summed E-state index contributed by atoms with van der Waals surface area (Å²) in [5, 5.41) is 61.2. The highest BCUT2D eigenvalue weighted by molar-refractivity contribution is 4.94. The van der Waals surface area contributed by atoms with E-state index in [1.54, 1.807) is 0 Å². The monoisotopic (exact) mass is 490 g/mol. The van der Waals surface area contributed by atoms with Crippen LogP contribution < -0.4 is 0 Å². The number of hydrogen-bond donors (Lipinski definition) is 6. The topological polar surface area (TPSA) is 121 Å². The standard InChI is InChI=1S/C28H58O6/c1-3-5-7-9-11-13-15-17-19-21-28(34,27(33)26(32)25(31)24(30)23-29)22-20-18-16-14-12-10-8-6-4-2/h24-27,29-34H,3-23H2,1-2H3/t24-,25-,26+,27+/m1/s1. The van der Waals surface area contributed by atoms with Gasteiger partial charge in [-0.15, -0.1) is 0 Å². The minimum atomic E-state index is -1.72. The summed E-state index contributed by atoms with van der Waals surface area (Å²) in [6.45, 7) is 3.70. The third kappa shape index (κ3) is 15.7. The van der Waals surface area contributed by atoms with E-state index in [1.807, 2.05) is 0 Å². The van der Waals surface area contributed by atoms with Crippen molar-refractivity contribution in [3.63, 3.8) is 0 Å². The van der Waals surface area contributed by atoms with E-state index in [2.05, 4.69) is 13.8 Å². The summed E-state index contributed by atoms with van der Waals surface area (Å²) in [5.74, 6) is 0. The van der Waals surface area contributed by atoms with Crippen LogP contribution in [0.1, 0.15) is 142 Å². The van der Waals surface area contributed by atoms with Gasteiger partial charge in [0.25, 0.3) is 0 Å². The lowest BCUT2D eigenvalue weighted by Crippen LogP contribution is -2.56. The molecule has 0 heterocycles. The number of aliphatic hydroxyl groups excluding tert-OH is 5. The molecule has 0 saturated heterocycles. The maximum atomic E-state index is 11.3. The lowest BCUT2D eigenvalue weighted by molar-refractivity contribution is -0.178. The molecule has 206 valence electrons. The fourth-order valence-electron chi connectivity index (χ4n) is 4.74. The lowest BCUT2D eigenvalue weighted by Gasteiger charge is -2.38. The fraction of sp³-hybridized carbons (Fsp3) is 1.00. The zero-order chi connectivity index (χ0) is 25.7. The molecule has 0 aliphatic rings. The van der Waals surface area contributed by atoms with Crippen LogP contribution in [0.2, 0.25) is 0 Å². The quantitative estimate of drug-likeness (QED) is 0.100. The molecule has 0 spiro atoms. The third-order valence-electron chi connectivity index (χ3n) is 7.23. The molecule has 0 aromatic heterocycles. The largest absolute Gasteiger partial charge is 0.394 e. The van der Waals surface area contributed by atoms with Crippen molar-refractivity contribution in [2.24, 2.45) is 0 Å². The average molecular weight is 491 g/mol. The molecule has 0 saturated carbocycles. The Morgan fingerprint density at radius 3 is 1.15 bits per heavy atom. The van der Waals surface area contributed by atoms with Crippen LogP contribution in [0.15, 0.2) is 0 Å². The molecule has 0 aromatic carbocycles. The molecule has 0 aliphatic heterocycles. The second kappa shape index (κ2) is 22.0. The first kappa shape index (κ1) is 33.8. The van der Waals surface area contributed by atoms with Crippen molar-refractivity contribution < 1.29 is 30.6 Å². The van der Waals surface area contributed by atoms with Crippen molar-refractivity contribution in [3.05, 3.63) is 0 Å². The van der Waals surface area contributed by atoms with Gasteiger partial charge >= 0.3 is 0 Å². The summed E-state index contributed by atoms with van der Waals surface area (Å²) < 4.78 is 0. The molecule has 6 heteroatoms. The number of unbranched alkanes of at least 4 members (excludes halogenated alkanes) is 16. The molecule has 4 atom stereocenters. The van der Waals surface area contributed by atoms with E-state index in [-0.39, 0.29) is 0 Å². The summed E-state index contributed by atoms with van der Waals surface area (Å²) in [6, 6.07) is 0. The first-order valence-corrected chi connectivity index (χ1v) is 14.4. The average Bonchev–Trinajstić information content (AvgIpc) is 2.84. The Morgan fingerprint density at radius 1 is 0.500 bits per heavy atom. The summed E-state index contributed by atoms with van der Waals surface area (Å²) in [6.07, 6.45) is 14.7. The Bertz CT molecular complexity index is 411. The van der Waals surface area contributed by atoms with Gasteiger partial charge in [-0.25, -0.2) is 0 Å². The van der Waals surface area contributed by atoms with Gasteiger partial charge in [-0.3, -0.25) is 0 Å². The van der Waals surface area contributed by atoms with Crippen LogP contribution in [0.5, 0.6) is 0 Å². The zero-order valence-corrected chi connectivity index (χ0v) is 22.3. The summed E-state index contributed by atoms with van der Waals surface area (Å²) in [7, 11) is 0. The van der Waals surface area contributed by atoms with E-state index in [0.29, 0.717) is 12.8 Å². The van der Waals surface area contributed by atoms with Crippen LogP contribution >= 0.6 is 0 Å². The first-order valence-electron chi connectivity index (χ1n) is 14.4. The Labute approximate surface area is 209 Å². The van der Waals surface area contributed by atoms with Gasteiger partial charge in [0.05, 0.1) is 12.2 Å². The Hall–Kier alpha value is -0.240. The van der Waals surface area contributed by atoms with Gasteiger partial charge in [0, 0.05) is 0 Å². The minimum absolute atomic E-state index is 0.347. The highest BCUT2D eigenvalue weighted by atomic mass is 16.4. The molecule has 6 nitrogen and oxygen atoms in total. The van der Waals surface area contributed by atoms with E-state index in [4.69, 9.17) is 5.11 Å². The van der Waals surface area contributed by atoms with Gasteiger partial charge in [-0.2, -0.15) is 0 Å². The van der Waals surface area contributed by atoms with Gasteiger partial charge in [0.2, 0.25) is 0 Å². The summed E-state index contributed by atoms with van der Waals surface area (Å²) in [5.41, 5.74) is -1.52. The Kier molecular flexibility index (Phi) is 21.8. The van der Waals surface area contributed by atoms with Crippen LogP contribution in [0.3, 0.4) is 0 Å². The molecule has 0 unspecified atom stereocenters. The van der Waals surface area contributed by atoms with E-state index < -0.39 is 36.6 Å². The highest BCUT2D eigenvalue weighted by Crippen LogP contribution is 2.30. The van der Waals surface area contributed by atoms with Crippen LogP contribution in [-0.2, 0) is 0 Å². The normalized spacial score (nSPS) is 15.9. The zero-order valence-electron chi connectivity index (χ0n) is 22.3. The maximum Gasteiger partial charge on any atom is 0.111 e. The van der Waals surface area contributed by atoms with Crippen LogP contribution in [0.25, 0.3) is 0 Å². The van der Waals surface area contributed by atoms with Crippen molar-refractivity contribution >= 4 is 0 Å². The Balaban J connectivity index is 4.55. The fourth-order valence-corrected chi connectivity index (χ4v) is 4.74. The van der Waals surface area contributed by atoms with Gasteiger partial charge in [-0.1, -0.05) is 129 Å². The molecule has 34 heavy (non-hydrogen) atoms. The molecular formula is C28H58O6. The van der Waals surface area contributed by atoms with Gasteiger partial charge < -0.3 is 30.6 Å². The lowest BCUT2D eigenvalue weighted by atomic mass is 9.81. The van der Waals surface area contributed by atoms with E-state index in [0.717, 1.165) is 38.5 Å². The molecular weight excluding hydrogens is 432 g/mol. The number of aliphatic hydroxyl groups is 6. The van der Waals surface area contributed by atoms with Crippen molar-refractivity contribution in [3.8, 4) is 0 Å².